The molecule has 2 unspecified atom stereocenters. The fourth-order valence-corrected chi connectivity index (χ4v) is 7.10. The summed E-state index contributed by atoms with van der Waals surface area (Å²) < 4.78 is 0. The Morgan fingerprint density at radius 1 is 1.31 bits per heavy atom. The average molecular weight is 237 g/mol. The molecule has 2 aliphatic rings. The van der Waals surface area contributed by atoms with Crippen LogP contribution in [0.15, 0.2) is 24.8 Å². The predicted molar refractivity (Wildman–Crippen MR) is 76.8 cm³/mol. The van der Waals surface area contributed by atoms with Crippen molar-refractivity contribution in [3.63, 3.8) is 0 Å². The highest BCUT2D eigenvalue weighted by molar-refractivity contribution is 7.75. The van der Waals surface area contributed by atoms with Crippen LogP contribution in [0.25, 0.3) is 0 Å². The van der Waals surface area contributed by atoms with Crippen molar-refractivity contribution >= 4 is 7.26 Å². The summed E-state index contributed by atoms with van der Waals surface area (Å²) >= 11 is 0. The number of rotatable bonds is 4. The Kier molecular flexibility index (Phi) is 3.90. The SMILES string of the molecule is C=CC1CC(=C)CC1CC[P+]1(C)CCCC1. The summed E-state index contributed by atoms with van der Waals surface area (Å²) in [5, 5.41) is 0. The van der Waals surface area contributed by atoms with E-state index in [2.05, 4.69) is 25.9 Å². The molecule has 0 bridgehead atoms. The van der Waals surface area contributed by atoms with Crippen LogP contribution in [0.2, 0.25) is 0 Å². The first-order valence-electron chi connectivity index (χ1n) is 6.76. The van der Waals surface area contributed by atoms with E-state index >= 15 is 0 Å². The zero-order chi connectivity index (χ0) is 11.6. The average Bonchev–Trinajstić information content (AvgIpc) is 2.82. The summed E-state index contributed by atoms with van der Waals surface area (Å²) in [6.07, 6.45) is 13.8. The number of hydrogen-bond acceptors (Lipinski definition) is 0. The normalized spacial score (nSPS) is 33.2. The second-order valence-corrected chi connectivity index (χ2v) is 10.7. The Morgan fingerprint density at radius 2 is 2.00 bits per heavy atom. The lowest BCUT2D eigenvalue weighted by Gasteiger charge is -2.21. The Morgan fingerprint density at radius 3 is 2.62 bits per heavy atom. The molecule has 90 valence electrons. The van der Waals surface area contributed by atoms with E-state index in [1.165, 1.54) is 43.8 Å². The van der Waals surface area contributed by atoms with Gasteiger partial charge in [0, 0.05) is 13.9 Å². The monoisotopic (exact) mass is 237 g/mol. The minimum Gasteiger partial charge on any atom is -0.103 e. The van der Waals surface area contributed by atoms with Gasteiger partial charge < -0.3 is 0 Å². The smallest absolute Gasteiger partial charge is 0.0594 e. The third-order valence-electron chi connectivity index (χ3n) is 4.67. The molecule has 0 nitrogen and oxygen atoms in total. The molecule has 0 spiro atoms. The Hall–Kier alpha value is -0.0900. The first-order valence-corrected chi connectivity index (χ1v) is 9.55. The lowest BCUT2D eigenvalue weighted by atomic mass is 9.94. The maximum absolute atomic E-state index is 4.16. The second-order valence-electron chi connectivity index (χ2n) is 6.10. The molecule has 1 heteroatoms. The van der Waals surface area contributed by atoms with Crippen molar-refractivity contribution in [3.05, 3.63) is 24.8 Å². The van der Waals surface area contributed by atoms with Crippen LogP contribution >= 0.6 is 7.26 Å². The van der Waals surface area contributed by atoms with E-state index in [4.69, 9.17) is 0 Å². The molecule has 1 aliphatic heterocycles. The van der Waals surface area contributed by atoms with E-state index < -0.39 is 7.26 Å². The Bertz CT molecular complexity index is 273. The molecule has 1 heterocycles. The largest absolute Gasteiger partial charge is 0.103 e. The quantitative estimate of drug-likeness (QED) is 0.495. The van der Waals surface area contributed by atoms with Crippen LogP contribution in [0.4, 0.5) is 0 Å². The van der Waals surface area contributed by atoms with Gasteiger partial charge in [-0.3, -0.25) is 0 Å². The highest BCUT2D eigenvalue weighted by Gasteiger charge is 2.37. The summed E-state index contributed by atoms with van der Waals surface area (Å²) in [6, 6.07) is 0. The zero-order valence-corrected chi connectivity index (χ0v) is 11.6. The van der Waals surface area contributed by atoms with Crippen molar-refractivity contribution in [3.8, 4) is 0 Å². The van der Waals surface area contributed by atoms with Gasteiger partial charge in [0.15, 0.2) is 0 Å². The van der Waals surface area contributed by atoms with Gasteiger partial charge in [0.25, 0.3) is 0 Å². The van der Waals surface area contributed by atoms with Crippen LogP contribution in [0.3, 0.4) is 0 Å². The summed E-state index contributed by atoms with van der Waals surface area (Å²) in [7, 11) is -0.493. The van der Waals surface area contributed by atoms with Crippen LogP contribution in [0, 0.1) is 11.8 Å². The van der Waals surface area contributed by atoms with Gasteiger partial charge in [-0.1, -0.05) is 18.2 Å². The fraction of sp³-hybridized carbons (Fsp3) is 0.733. The molecule has 2 rings (SSSR count). The molecular weight excluding hydrogens is 211 g/mol. The standard InChI is InChI=1S/C15H26P/c1-4-14-11-13(2)12-15(14)7-10-16(3)8-5-6-9-16/h4,14-15H,1-2,5-12H2,3H3/q+1. The minimum absolute atomic E-state index is 0.493. The predicted octanol–water partition coefficient (Wildman–Crippen LogP) is 4.59. The van der Waals surface area contributed by atoms with Crippen LogP contribution in [0.1, 0.15) is 32.1 Å². The molecule has 16 heavy (non-hydrogen) atoms. The number of hydrogen-bond donors (Lipinski definition) is 0. The summed E-state index contributed by atoms with van der Waals surface area (Å²) in [6.45, 7) is 10.8. The van der Waals surface area contributed by atoms with Crippen molar-refractivity contribution in [2.75, 3.05) is 25.2 Å². The summed E-state index contributed by atoms with van der Waals surface area (Å²) in [5.41, 5.74) is 1.46. The Labute approximate surface area is 102 Å². The fourth-order valence-electron chi connectivity index (χ4n) is 3.50. The van der Waals surface area contributed by atoms with Crippen LogP contribution in [-0.2, 0) is 0 Å². The first-order chi connectivity index (χ1) is 7.63. The van der Waals surface area contributed by atoms with Crippen molar-refractivity contribution in [2.24, 2.45) is 11.8 Å². The van der Waals surface area contributed by atoms with Crippen LogP contribution in [-0.4, -0.2) is 25.2 Å². The topological polar surface area (TPSA) is 0 Å². The van der Waals surface area contributed by atoms with Gasteiger partial charge in [-0.2, -0.15) is 0 Å². The second kappa shape index (κ2) is 5.05. The van der Waals surface area contributed by atoms with Gasteiger partial charge in [0.2, 0.25) is 0 Å². The third-order valence-corrected chi connectivity index (χ3v) is 8.80. The third kappa shape index (κ3) is 2.77. The van der Waals surface area contributed by atoms with Gasteiger partial charge in [-0.15, -0.1) is 6.58 Å². The van der Waals surface area contributed by atoms with Gasteiger partial charge in [-0.25, -0.2) is 0 Å². The maximum atomic E-state index is 4.16. The molecule has 0 aromatic rings. The van der Waals surface area contributed by atoms with E-state index in [0.29, 0.717) is 0 Å². The van der Waals surface area contributed by atoms with Crippen molar-refractivity contribution in [1.82, 2.24) is 0 Å². The minimum atomic E-state index is -0.493. The van der Waals surface area contributed by atoms with Crippen molar-refractivity contribution < 1.29 is 0 Å². The zero-order valence-electron chi connectivity index (χ0n) is 10.8. The van der Waals surface area contributed by atoms with E-state index in [0.717, 1.165) is 11.8 Å². The molecular formula is C15H26P+. The van der Waals surface area contributed by atoms with Crippen LogP contribution < -0.4 is 0 Å². The number of allylic oxidation sites excluding steroid dienone is 2. The van der Waals surface area contributed by atoms with E-state index in [9.17, 15) is 0 Å². The van der Waals surface area contributed by atoms with Gasteiger partial charge >= 0.3 is 0 Å². The maximum Gasteiger partial charge on any atom is 0.0594 e. The van der Waals surface area contributed by atoms with Crippen molar-refractivity contribution in [1.29, 1.82) is 0 Å². The lowest BCUT2D eigenvalue weighted by molar-refractivity contribution is 0.448. The van der Waals surface area contributed by atoms with Crippen LogP contribution in [0.5, 0.6) is 0 Å². The molecule has 2 atom stereocenters. The summed E-state index contributed by atoms with van der Waals surface area (Å²) in [4.78, 5) is 0. The molecule has 1 saturated heterocycles. The summed E-state index contributed by atoms with van der Waals surface area (Å²) in [5.74, 6) is 1.61. The molecule has 0 aromatic heterocycles. The molecule has 2 fully saturated rings. The first kappa shape index (κ1) is 12.4. The highest BCUT2D eigenvalue weighted by atomic mass is 31.2. The Balaban J connectivity index is 1.85. The van der Waals surface area contributed by atoms with E-state index in [-0.39, 0.29) is 0 Å². The van der Waals surface area contributed by atoms with Gasteiger partial charge in [-0.05, 0) is 43.9 Å². The highest BCUT2D eigenvalue weighted by Crippen LogP contribution is 2.61. The molecule has 1 saturated carbocycles. The molecule has 1 aliphatic carbocycles. The van der Waals surface area contributed by atoms with Gasteiger partial charge in [0.05, 0.1) is 18.5 Å². The molecule has 0 radical (unpaired) electrons. The molecule has 0 N–H and O–H groups in total. The molecule has 0 amide bonds. The molecule has 0 aromatic carbocycles. The van der Waals surface area contributed by atoms with E-state index in [1.54, 1.807) is 12.3 Å². The van der Waals surface area contributed by atoms with E-state index in [1.807, 2.05) is 0 Å². The van der Waals surface area contributed by atoms with Gasteiger partial charge in [0.1, 0.15) is 0 Å². The lowest BCUT2D eigenvalue weighted by Crippen LogP contribution is -2.10. The van der Waals surface area contributed by atoms with Crippen molar-refractivity contribution in [2.45, 2.75) is 32.1 Å².